The van der Waals surface area contributed by atoms with Crippen LogP contribution in [0.4, 0.5) is 4.39 Å². The summed E-state index contributed by atoms with van der Waals surface area (Å²) >= 11 is 7.69. The number of halogens is 2. The number of thiazole rings is 1. The van der Waals surface area contributed by atoms with E-state index in [4.69, 9.17) is 11.6 Å². The van der Waals surface area contributed by atoms with Crippen molar-refractivity contribution in [3.63, 3.8) is 0 Å². The first-order valence-electron chi connectivity index (χ1n) is 6.85. The second kappa shape index (κ2) is 8.10. The first-order valence-corrected chi connectivity index (χ1v) is 8.10. The molecular weight excluding hydrogens is 323 g/mol. The highest BCUT2D eigenvalue weighted by molar-refractivity contribution is 7.09. The molecule has 7 heteroatoms. The van der Waals surface area contributed by atoms with E-state index in [0.717, 1.165) is 18.0 Å². The predicted molar refractivity (Wildman–Crippen MR) is 90.1 cm³/mol. The lowest BCUT2D eigenvalue weighted by molar-refractivity contribution is 0.461. The number of guanidine groups is 1. The Morgan fingerprint density at radius 1 is 1.50 bits per heavy atom. The molecule has 0 saturated heterocycles. The summed E-state index contributed by atoms with van der Waals surface area (Å²) in [6.45, 7) is 1.07. The van der Waals surface area contributed by atoms with Gasteiger partial charge in [-0.05, 0) is 12.1 Å². The number of aliphatic imine (C=N–C) groups is 1. The summed E-state index contributed by atoms with van der Waals surface area (Å²) in [6, 6.07) is 4.70. The van der Waals surface area contributed by atoms with Crippen molar-refractivity contribution in [1.29, 1.82) is 0 Å². The number of aromatic nitrogens is 1. The highest BCUT2D eigenvalue weighted by Crippen LogP contribution is 2.20. The van der Waals surface area contributed by atoms with Crippen molar-refractivity contribution in [2.24, 2.45) is 4.99 Å². The summed E-state index contributed by atoms with van der Waals surface area (Å²) in [5, 5.41) is 6.69. The molecule has 0 bridgehead atoms. The third kappa shape index (κ3) is 4.42. The Kier molecular flexibility index (Phi) is 6.15. The van der Waals surface area contributed by atoms with Crippen LogP contribution < -0.4 is 5.32 Å². The molecule has 1 aromatic heterocycles. The summed E-state index contributed by atoms with van der Waals surface area (Å²) in [6.07, 6.45) is 2.62. The van der Waals surface area contributed by atoms with Crippen LogP contribution in [0.2, 0.25) is 5.02 Å². The first-order chi connectivity index (χ1) is 10.6. The SMILES string of the molecule is CN=C(NCCc1nccs1)N(C)Cc1c(F)cccc1Cl. The van der Waals surface area contributed by atoms with Crippen LogP contribution >= 0.6 is 22.9 Å². The van der Waals surface area contributed by atoms with Gasteiger partial charge < -0.3 is 10.2 Å². The molecule has 1 N–H and O–H groups in total. The normalized spacial score (nSPS) is 11.5. The van der Waals surface area contributed by atoms with E-state index in [1.54, 1.807) is 36.7 Å². The molecule has 118 valence electrons. The number of nitrogens with zero attached hydrogens (tertiary/aromatic N) is 3. The monoisotopic (exact) mass is 340 g/mol. The Bertz CT molecular complexity index is 610. The summed E-state index contributed by atoms with van der Waals surface area (Å²) in [5.41, 5.74) is 0.467. The number of hydrogen-bond donors (Lipinski definition) is 1. The van der Waals surface area contributed by atoms with E-state index in [0.29, 0.717) is 23.1 Å². The number of hydrogen-bond acceptors (Lipinski definition) is 3. The van der Waals surface area contributed by atoms with E-state index in [1.165, 1.54) is 6.07 Å². The highest BCUT2D eigenvalue weighted by atomic mass is 35.5. The summed E-state index contributed by atoms with van der Waals surface area (Å²) in [4.78, 5) is 10.3. The molecule has 22 heavy (non-hydrogen) atoms. The van der Waals surface area contributed by atoms with Crippen LogP contribution in [0.3, 0.4) is 0 Å². The summed E-state index contributed by atoms with van der Waals surface area (Å²) in [5.74, 6) is 0.383. The van der Waals surface area contributed by atoms with Gasteiger partial charge in [-0.25, -0.2) is 9.37 Å². The van der Waals surface area contributed by atoms with Gasteiger partial charge in [-0.3, -0.25) is 4.99 Å². The van der Waals surface area contributed by atoms with Gasteiger partial charge in [-0.15, -0.1) is 11.3 Å². The molecule has 1 heterocycles. The van der Waals surface area contributed by atoms with E-state index in [1.807, 2.05) is 17.3 Å². The molecule has 0 spiro atoms. The van der Waals surface area contributed by atoms with Gasteiger partial charge in [0.25, 0.3) is 0 Å². The Hall–Kier alpha value is -1.66. The van der Waals surface area contributed by atoms with Gasteiger partial charge in [0, 0.05) is 55.8 Å². The van der Waals surface area contributed by atoms with Crippen molar-refractivity contribution in [1.82, 2.24) is 15.2 Å². The first kappa shape index (κ1) is 16.7. The van der Waals surface area contributed by atoms with Gasteiger partial charge in [0.15, 0.2) is 5.96 Å². The Balaban J connectivity index is 1.93. The Labute approximate surface area is 138 Å². The number of nitrogens with one attached hydrogen (secondary N) is 1. The van der Waals surface area contributed by atoms with Crippen molar-refractivity contribution in [2.45, 2.75) is 13.0 Å². The second-order valence-electron chi connectivity index (χ2n) is 4.71. The maximum Gasteiger partial charge on any atom is 0.193 e. The van der Waals surface area contributed by atoms with Crippen LogP contribution in [0.5, 0.6) is 0 Å². The zero-order valence-electron chi connectivity index (χ0n) is 12.5. The van der Waals surface area contributed by atoms with Crippen molar-refractivity contribution >= 4 is 28.9 Å². The van der Waals surface area contributed by atoms with Gasteiger partial charge in [-0.2, -0.15) is 0 Å². The van der Waals surface area contributed by atoms with E-state index in [-0.39, 0.29) is 5.82 Å². The smallest absolute Gasteiger partial charge is 0.193 e. The molecule has 0 atom stereocenters. The molecule has 4 nitrogen and oxygen atoms in total. The molecule has 2 aromatic rings. The minimum atomic E-state index is -0.308. The third-order valence-electron chi connectivity index (χ3n) is 3.14. The minimum absolute atomic E-state index is 0.308. The molecule has 0 amide bonds. The lowest BCUT2D eigenvalue weighted by atomic mass is 10.2. The summed E-state index contributed by atoms with van der Waals surface area (Å²) < 4.78 is 13.8. The Morgan fingerprint density at radius 2 is 2.32 bits per heavy atom. The highest BCUT2D eigenvalue weighted by Gasteiger charge is 2.12. The molecule has 0 radical (unpaired) electrons. The lowest BCUT2D eigenvalue weighted by Gasteiger charge is -2.22. The zero-order chi connectivity index (χ0) is 15.9. The van der Waals surface area contributed by atoms with Gasteiger partial charge in [0.2, 0.25) is 0 Å². The fourth-order valence-electron chi connectivity index (χ4n) is 2.04. The van der Waals surface area contributed by atoms with Crippen molar-refractivity contribution < 1.29 is 4.39 Å². The van der Waals surface area contributed by atoms with Gasteiger partial charge in [0.1, 0.15) is 5.82 Å². The average Bonchev–Trinajstić information content (AvgIpc) is 3.00. The van der Waals surface area contributed by atoms with Crippen LogP contribution in [-0.2, 0) is 13.0 Å². The lowest BCUT2D eigenvalue weighted by Crippen LogP contribution is -2.39. The third-order valence-corrected chi connectivity index (χ3v) is 4.33. The molecule has 0 fully saturated rings. The van der Waals surface area contributed by atoms with Crippen molar-refractivity contribution in [3.05, 3.63) is 51.2 Å². The van der Waals surface area contributed by atoms with Crippen LogP contribution in [0.1, 0.15) is 10.6 Å². The largest absolute Gasteiger partial charge is 0.356 e. The molecule has 0 saturated carbocycles. The van der Waals surface area contributed by atoms with E-state index in [2.05, 4.69) is 15.3 Å². The Morgan fingerprint density at radius 3 is 2.95 bits per heavy atom. The van der Waals surface area contributed by atoms with Gasteiger partial charge in [-0.1, -0.05) is 17.7 Å². The fourth-order valence-corrected chi connectivity index (χ4v) is 2.88. The molecule has 2 rings (SSSR count). The molecule has 1 aromatic carbocycles. The van der Waals surface area contributed by atoms with E-state index in [9.17, 15) is 4.39 Å². The van der Waals surface area contributed by atoms with E-state index < -0.39 is 0 Å². The second-order valence-corrected chi connectivity index (χ2v) is 6.09. The molecule has 0 aliphatic rings. The quantitative estimate of drug-likeness (QED) is 0.671. The maximum absolute atomic E-state index is 13.8. The van der Waals surface area contributed by atoms with Crippen molar-refractivity contribution in [2.75, 3.05) is 20.6 Å². The topological polar surface area (TPSA) is 40.5 Å². The maximum atomic E-state index is 13.8. The van der Waals surface area contributed by atoms with Crippen molar-refractivity contribution in [3.8, 4) is 0 Å². The van der Waals surface area contributed by atoms with Crippen LogP contribution in [0, 0.1) is 5.82 Å². The van der Waals surface area contributed by atoms with Crippen LogP contribution in [0.15, 0.2) is 34.8 Å². The molecular formula is C15H18ClFN4S. The van der Waals surface area contributed by atoms with Gasteiger partial charge >= 0.3 is 0 Å². The zero-order valence-corrected chi connectivity index (χ0v) is 14.1. The van der Waals surface area contributed by atoms with Crippen LogP contribution in [0.25, 0.3) is 0 Å². The number of rotatable bonds is 5. The van der Waals surface area contributed by atoms with Gasteiger partial charge in [0.05, 0.1) is 5.01 Å². The van der Waals surface area contributed by atoms with E-state index >= 15 is 0 Å². The average molecular weight is 341 g/mol. The molecule has 0 unspecified atom stereocenters. The summed E-state index contributed by atoms with van der Waals surface area (Å²) in [7, 11) is 3.55. The predicted octanol–water partition coefficient (Wildman–Crippen LogP) is 3.19. The molecule has 0 aliphatic carbocycles. The standard InChI is InChI=1S/C15H18ClFN4S/c1-18-15(20-7-6-14-19-8-9-22-14)21(2)10-11-12(16)4-3-5-13(11)17/h3-5,8-9H,6-7,10H2,1-2H3,(H,18,20). The molecule has 0 aliphatic heterocycles. The minimum Gasteiger partial charge on any atom is -0.356 e. The fraction of sp³-hybridized carbons (Fsp3) is 0.333. The number of benzene rings is 1. The van der Waals surface area contributed by atoms with Crippen LogP contribution in [-0.4, -0.2) is 36.5 Å².